The van der Waals surface area contributed by atoms with Crippen LogP contribution in [-0.2, 0) is 11.0 Å². The molecule has 30 heavy (non-hydrogen) atoms. The van der Waals surface area contributed by atoms with Crippen molar-refractivity contribution in [2.24, 2.45) is 0 Å². The van der Waals surface area contributed by atoms with E-state index in [9.17, 15) is 18.0 Å². The van der Waals surface area contributed by atoms with Gasteiger partial charge in [0.2, 0.25) is 5.91 Å². The van der Waals surface area contributed by atoms with Crippen molar-refractivity contribution in [3.05, 3.63) is 53.1 Å². The molecular weight excluding hydrogens is 459 g/mol. The Morgan fingerprint density at radius 3 is 2.60 bits per heavy atom. The molecule has 0 bridgehead atoms. The third kappa shape index (κ3) is 5.38. The first-order chi connectivity index (χ1) is 14.2. The van der Waals surface area contributed by atoms with Crippen LogP contribution < -0.4 is 15.8 Å². The van der Waals surface area contributed by atoms with Crippen LogP contribution in [0.3, 0.4) is 0 Å². The summed E-state index contributed by atoms with van der Waals surface area (Å²) in [6.45, 7) is 0. The minimum atomic E-state index is -4.53. The van der Waals surface area contributed by atoms with Crippen molar-refractivity contribution in [1.29, 1.82) is 0 Å². The van der Waals surface area contributed by atoms with Gasteiger partial charge < -0.3 is 15.8 Å². The number of nitrogens with zero attached hydrogens (tertiary/aromatic N) is 1. The Bertz CT molecular complexity index is 1060. The predicted octanol–water partition coefficient (Wildman–Crippen LogP) is 5.80. The molecule has 0 unspecified atom stereocenters. The first-order valence-electron chi connectivity index (χ1n) is 8.37. The molecule has 3 N–H and O–H groups in total. The number of rotatable bonds is 6. The van der Waals surface area contributed by atoms with Crippen molar-refractivity contribution < 1.29 is 22.7 Å². The summed E-state index contributed by atoms with van der Waals surface area (Å²) in [6, 6.07) is 9.96. The number of alkyl halides is 3. The molecule has 0 aliphatic heterocycles. The van der Waals surface area contributed by atoms with Crippen molar-refractivity contribution in [2.45, 2.75) is 10.5 Å². The van der Waals surface area contributed by atoms with Crippen molar-refractivity contribution >= 4 is 51.3 Å². The smallest absolute Gasteiger partial charge is 0.416 e. The minimum Gasteiger partial charge on any atom is -0.497 e. The van der Waals surface area contributed by atoms with Gasteiger partial charge in [0.05, 0.1) is 29.1 Å². The molecule has 0 radical (unpaired) electrons. The number of amides is 1. The van der Waals surface area contributed by atoms with Crippen LogP contribution in [0.25, 0.3) is 11.3 Å². The van der Waals surface area contributed by atoms with E-state index in [1.807, 2.05) is 12.1 Å². The van der Waals surface area contributed by atoms with E-state index in [1.54, 1.807) is 19.2 Å². The molecule has 0 spiro atoms. The number of thioether (sulfide) groups is 1. The number of halogens is 4. The largest absolute Gasteiger partial charge is 0.497 e. The van der Waals surface area contributed by atoms with Gasteiger partial charge in [0.15, 0.2) is 4.34 Å². The summed E-state index contributed by atoms with van der Waals surface area (Å²) < 4.78 is 44.2. The second kappa shape index (κ2) is 9.15. The van der Waals surface area contributed by atoms with Crippen molar-refractivity contribution in [3.63, 3.8) is 0 Å². The Morgan fingerprint density at radius 2 is 1.97 bits per heavy atom. The number of anilines is 2. The molecule has 0 atom stereocenters. The monoisotopic (exact) mass is 473 g/mol. The standard InChI is InChI=1S/C19H15ClF3N3O2S2/c1-28-12-5-2-10(3-6-12)16-17(24)30-18(26-16)29-9-15(27)25-14-8-11(19(21,22)23)4-7-13(14)20/h2-8H,9,24H2,1H3,(H,25,27). The zero-order valence-corrected chi connectivity index (χ0v) is 17.8. The molecule has 5 nitrogen and oxygen atoms in total. The number of ether oxygens (including phenoxy) is 1. The van der Waals surface area contributed by atoms with E-state index in [0.29, 0.717) is 20.8 Å². The molecule has 158 valence electrons. The van der Waals surface area contributed by atoms with E-state index in [-0.39, 0.29) is 16.5 Å². The van der Waals surface area contributed by atoms with Gasteiger partial charge in [-0.3, -0.25) is 4.79 Å². The first-order valence-corrected chi connectivity index (χ1v) is 10.6. The average Bonchev–Trinajstić information content (AvgIpc) is 3.08. The van der Waals surface area contributed by atoms with Crippen LogP contribution in [0.5, 0.6) is 5.75 Å². The fourth-order valence-electron chi connectivity index (χ4n) is 2.44. The van der Waals surface area contributed by atoms with Crippen LogP contribution in [0.1, 0.15) is 5.56 Å². The highest BCUT2D eigenvalue weighted by Gasteiger charge is 2.31. The number of thiazole rings is 1. The molecular formula is C19H15ClF3N3O2S2. The van der Waals surface area contributed by atoms with Gasteiger partial charge in [-0.2, -0.15) is 13.2 Å². The van der Waals surface area contributed by atoms with Crippen LogP contribution in [0.2, 0.25) is 5.02 Å². The first kappa shape index (κ1) is 22.3. The van der Waals surface area contributed by atoms with Gasteiger partial charge in [-0.1, -0.05) is 34.7 Å². The highest BCUT2D eigenvalue weighted by molar-refractivity contribution is 8.01. The van der Waals surface area contributed by atoms with Crippen molar-refractivity contribution in [3.8, 4) is 17.0 Å². The molecule has 1 amide bonds. The molecule has 0 saturated carbocycles. The zero-order valence-electron chi connectivity index (χ0n) is 15.4. The normalized spacial score (nSPS) is 11.4. The highest BCUT2D eigenvalue weighted by Crippen LogP contribution is 2.37. The second-order valence-corrected chi connectivity index (χ2v) is 8.61. The van der Waals surface area contributed by atoms with Gasteiger partial charge in [-0.05, 0) is 42.5 Å². The molecule has 1 heterocycles. The lowest BCUT2D eigenvalue weighted by molar-refractivity contribution is -0.137. The fraction of sp³-hybridized carbons (Fsp3) is 0.158. The number of nitrogen functional groups attached to an aromatic ring is 1. The van der Waals surface area contributed by atoms with Gasteiger partial charge in [0.1, 0.15) is 16.4 Å². The maximum absolute atomic E-state index is 12.8. The second-order valence-electron chi connectivity index (χ2n) is 5.95. The number of carbonyl (C=O) groups excluding carboxylic acids is 1. The van der Waals surface area contributed by atoms with Gasteiger partial charge in [0, 0.05) is 5.56 Å². The van der Waals surface area contributed by atoms with E-state index in [1.165, 1.54) is 11.3 Å². The van der Waals surface area contributed by atoms with E-state index < -0.39 is 17.6 Å². The Kier molecular flexibility index (Phi) is 6.79. The number of benzene rings is 2. The van der Waals surface area contributed by atoms with Crippen LogP contribution in [0.4, 0.5) is 23.9 Å². The zero-order chi connectivity index (χ0) is 21.9. The highest BCUT2D eigenvalue weighted by atomic mass is 35.5. The molecule has 1 aromatic heterocycles. The minimum absolute atomic E-state index is 0.0154. The Hall–Kier alpha value is -2.43. The fourth-order valence-corrected chi connectivity index (χ4v) is 4.35. The van der Waals surface area contributed by atoms with Gasteiger partial charge in [-0.25, -0.2) is 4.98 Å². The number of aromatic nitrogens is 1. The molecule has 0 saturated heterocycles. The molecule has 11 heteroatoms. The summed E-state index contributed by atoms with van der Waals surface area (Å²) in [5, 5.41) is 2.90. The average molecular weight is 474 g/mol. The SMILES string of the molecule is COc1ccc(-c2nc(SCC(=O)Nc3cc(C(F)(F)F)ccc3Cl)sc2N)cc1. The van der Waals surface area contributed by atoms with Gasteiger partial charge in [-0.15, -0.1) is 0 Å². The summed E-state index contributed by atoms with van der Waals surface area (Å²) in [5.74, 6) is 0.120. The van der Waals surface area contributed by atoms with Gasteiger partial charge >= 0.3 is 6.18 Å². The Labute approximate surface area is 183 Å². The summed E-state index contributed by atoms with van der Waals surface area (Å²) in [7, 11) is 1.57. The van der Waals surface area contributed by atoms with E-state index >= 15 is 0 Å². The molecule has 3 rings (SSSR count). The number of methoxy groups -OCH3 is 1. The maximum Gasteiger partial charge on any atom is 0.416 e. The number of hydrogen-bond donors (Lipinski definition) is 2. The van der Waals surface area contributed by atoms with Crippen molar-refractivity contribution in [2.75, 3.05) is 23.9 Å². The summed E-state index contributed by atoms with van der Waals surface area (Å²) in [4.78, 5) is 16.6. The lowest BCUT2D eigenvalue weighted by atomic mass is 10.1. The number of carbonyl (C=O) groups is 1. The topological polar surface area (TPSA) is 77.2 Å². The van der Waals surface area contributed by atoms with E-state index in [0.717, 1.165) is 35.5 Å². The Balaban J connectivity index is 1.65. The number of hydrogen-bond acceptors (Lipinski definition) is 6. The lowest BCUT2D eigenvalue weighted by Gasteiger charge is -2.11. The number of nitrogens with two attached hydrogens (primary N) is 1. The summed E-state index contributed by atoms with van der Waals surface area (Å²) >= 11 is 8.24. The van der Waals surface area contributed by atoms with Crippen LogP contribution in [0.15, 0.2) is 46.8 Å². The summed E-state index contributed by atoms with van der Waals surface area (Å²) in [5.41, 5.74) is 6.43. The molecule has 2 aromatic carbocycles. The summed E-state index contributed by atoms with van der Waals surface area (Å²) in [6.07, 6.45) is -4.53. The number of nitrogens with one attached hydrogen (secondary N) is 1. The maximum atomic E-state index is 12.8. The van der Waals surface area contributed by atoms with Crippen LogP contribution >= 0.6 is 34.7 Å². The lowest BCUT2D eigenvalue weighted by Crippen LogP contribution is -2.15. The third-order valence-corrected chi connectivity index (χ3v) is 6.25. The van der Waals surface area contributed by atoms with E-state index in [4.69, 9.17) is 22.1 Å². The van der Waals surface area contributed by atoms with Crippen LogP contribution in [0, 0.1) is 0 Å². The Morgan fingerprint density at radius 1 is 1.27 bits per heavy atom. The third-order valence-electron chi connectivity index (χ3n) is 3.89. The predicted molar refractivity (Wildman–Crippen MR) is 114 cm³/mol. The van der Waals surface area contributed by atoms with Crippen molar-refractivity contribution in [1.82, 2.24) is 4.98 Å². The van der Waals surface area contributed by atoms with E-state index in [2.05, 4.69) is 10.3 Å². The molecule has 0 aliphatic carbocycles. The molecule has 0 fully saturated rings. The molecule has 3 aromatic rings. The van der Waals surface area contributed by atoms with Crippen LogP contribution in [-0.4, -0.2) is 23.8 Å². The quantitative estimate of drug-likeness (QED) is 0.442. The molecule has 0 aliphatic rings. The van der Waals surface area contributed by atoms with Gasteiger partial charge in [0.25, 0.3) is 0 Å².